The molecule has 4 heteroatoms. The topological polar surface area (TPSA) is 37.4 Å². The number of piperidine rings is 1. The Bertz CT molecular complexity index is 420. The molecule has 0 aliphatic carbocycles. The highest BCUT2D eigenvalue weighted by atomic mass is 16.5. The van der Waals surface area contributed by atoms with Gasteiger partial charge in [0.2, 0.25) is 0 Å². The molecule has 0 bridgehead atoms. The van der Waals surface area contributed by atoms with Crippen molar-refractivity contribution in [2.45, 2.75) is 45.8 Å². The average molecular weight is 277 g/mol. The Morgan fingerprint density at radius 2 is 2.25 bits per heavy atom. The molecule has 1 aliphatic rings. The molecule has 2 rings (SSSR count). The summed E-state index contributed by atoms with van der Waals surface area (Å²) in [6.07, 6.45) is 3.69. The van der Waals surface area contributed by atoms with E-state index < -0.39 is 0 Å². The van der Waals surface area contributed by atoms with Crippen molar-refractivity contribution in [2.24, 2.45) is 0 Å². The minimum absolute atomic E-state index is 0.355. The SMILES string of the molecule is CCOC1CCCN(c2cc(CNC)cc(CC)n2)C1. The fraction of sp³-hybridized carbons (Fsp3) is 0.688. The van der Waals surface area contributed by atoms with E-state index in [2.05, 4.69) is 36.2 Å². The number of nitrogens with zero attached hydrogens (tertiary/aromatic N) is 2. The fourth-order valence-corrected chi connectivity index (χ4v) is 2.80. The molecule has 0 saturated carbocycles. The maximum Gasteiger partial charge on any atom is 0.129 e. The first-order valence-electron chi connectivity index (χ1n) is 7.77. The van der Waals surface area contributed by atoms with Crippen LogP contribution in [0.15, 0.2) is 12.1 Å². The summed E-state index contributed by atoms with van der Waals surface area (Å²) in [5, 5.41) is 3.22. The predicted octanol–water partition coefficient (Wildman–Crippen LogP) is 2.37. The van der Waals surface area contributed by atoms with Crippen LogP contribution < -0.4 is 10.2 Å². The molecule has 0 spiro atoms. The number of hydrogen-bond donors (Lipinski definition) is 1. The first-order valence-corrected chi connectivity index (χ1v) is 7.77. The first-order chi connectivity index (χ1) is 9.76. The Kier molecular flexibility index (Phi) is 5.80. The molecule has 1 aliphatic heterocycles. The summed E-state index contributed by atoms with van der Waals surface area (Å²) in [4.78, 5) is 7.17. The normalized spacial score (nSPS) is 19.4. The molecular weight excluding hydrogens is 250 g/mol. The number of ether oxygens (including phenoxy) is 1. The molecule has 0 amide bonds. The molecule has 2 heterocycles. The highest BCUT2D eigenvalue weighted by Gasteiger charge is 2.21. The van der Waals surface area contributed by atoms with Gasteiger partial charge in [0, 0.05) is 31.9 Å². The van der Waals surface area contributed by atoms with Crippen molar-refractivity contribution in [1.29, 1.82) is 0 Å². The van der Waals surface area contributed by atoms with E-state index in [1.807, 2.05) is 7.05 Å². The van der Waals surface area contributed by atoms with Crippen LogP contribution in [0.25, 0.3) is 0 Å². The molecule has 1 N–H and O–H groups in total. The number of nitrogens with one attached hydrogen (secondary N) is 1. The molecule has 4 nitrogen and oxygen atoms in total. The van der Waals surface area contributed by atoms with Gasteiger partial charge in [-0.05, 0) is 50.9 Å². The zero-order valence-corrected chi connectivity index (χ0v) is 13.0. The minimum atomic E-state index is 0.355. The first kappa shape index (κ1) is 15.3. The van der Waals surface area contributed by atoms with E-state index in [1.165, 1.54) is 24.1 Å². The molecule has 0 radical (unpaired) electrons. The van der Waals surface area contributed by atoms with Gasteiger partial charge in [0.25, 0.3) is 0 Å². The monoisotopic (exact) mass is 277 g/mol. The third-order valence-corrected chi connectivity index (χ3v) is 3.77. The largest absolute Gasteiger partial charge is 0.377 e. The van der Waals surface area contributed by atoms with Gasteiger partial charge in [-0.3, -0.25) is 0 Å². The van der Waals surface area contributed by atoms with E-state index in [1.54, 1.807) is 0 Å². The Labute approximate surface area is 122 Å². The molecule has 112 valence electrons. The maximum atomic E-state index is 5.79. The van der Waals surface area contributed by atoms with Crippen LogP contribution in [0.5, 0.6) is 0 Å². The lowest BCUT2D eigenvalue weighted by molar-refractivity contribution is 0.0525. The number of hydrogen-bond acceptors (Lipinski definition) is 4. The van der Waals surface area contributed by atoms with E-state index in [9.17, 15) is 0 Å². The number of anilines is 1. The van der Waals surface area contributed by atoms with Crippen LogP contribution in [0.3, 0.4) is 0 Å². The third-order valence-electron chi connectivity index (χ3n) is 3.77. The fourth-order valence-electron chi connectivity index (χ4n) is 2.80. The van der Waals surface area contributed by atoms with E-state index in [4.69, 9.17) is 9.72 Å². The van der Waals surface area contributed by atoms with Crippen molar-refractivity contribution in [3.63, 3.8) is 0 Å². The van der Waals surface area contributed by atoms with Crippen LogP contribution in [-0.4, -0.2) is 37.8 Å². The lowest BCUT2D eigenvalue weighted by Gasteiger charge is -2.33. The molecule has 1 fully saturated rings. The summed E-state index contributed by atoms with van der Waals surface area (Å²) < 4.78 is 5.79. The zero-order chi connectivity index (χ0) is 14.4. The summed E-state index contributed by atoms with van der Waals surface area (Å²) in [5.74, 6) is 1.11. The van der Waals surface area contributed by atoms with Crippen molar-refractivity contribution in [2.75, 3.05) is 31.6 Å². The molecule has 1 aromatic rings. The molecule has 1 aromatic heterocycles. The van der Waals surface area contributed by atoms with Crippen molar-refractivity contribution < 1.29 is 4.74 Å². The van der Waals surface area contributed by atoms with Gasteiger partial charge in [0.05, 0.1) is 6.10 Å². The van der Waals surface area contributed by atoms with Crippen LogP contribution >= 0.6 is 0 Å². The van der Waals surface area contributed by atoms with Gasteiger partial charge in [-0.15, -0.1) is 0 Å². The summed E-state index contributed by atoms with van der Waals surface area (Å²) in [6, 6.07) is 4.41. The van der Waals surface area contributed by atoms with Crippen molar-refractivity contribution in [3.8, 4) is 0 Å². The van der Waals surface area contributed by atoms with E-state index in [0.717, 1.165) is 38.5 Å². The van der Waals surface area contributed by atoms with E-state index >= 15 is 0 Å². The number of aromatic nitrogens is 1. The highest BCUT2D eigenvalue weighted by Crippen LogP contribution is 2.21. The summed E-state index contributed by atoms with van der Waals surface area (Å²) in [5.41, 5.74) is 2.49. The lowest BCUT2D eigenvalue weighted by atomic mass is 10.1. The van der Waals surface area contributed by atoms with Crippen LogP contribution in [0.1, 0.15) is 37.9 Å². The Hall–Kier alpha value is -1.13. The third kappa shape index (κ3) is 3.93. The van der Waals surface area contributed by atoms with Gasteiger partial charge in [0.15, 0.2) is 0 Å². The second kappa shape index (κ2) is 7.60. The van der Waals surface area contributed by atoms with Crippen molar-refractivity contribution in [3.05, 3.63) is 23.4 Å². The standard InChI is InChI=1S/C16H27N3O/c1-4-14-9-13(11-17-3)10-16(18-14)19-8-6-7-15(12-19)20-5-2/h9-10,15,17H,4-8,11-12H2,1-3H3. The summed E-state index contributed by atoms with van der Waals surface area (Å²) in [7, 11) is 1.98. The van der Waals surface area contributed by atoms with Gasteiger partial charge in [-0.25, -0.2) is 4.98 Å². The molecule has 1 saturated heterocycles. The van der Waals surface area contributed by atoms with Gasteiger partial charge < -0.3 is 15.0 Å². The zero-order valence-electron chi connectivity index (χ0n) is 13.0. The number of pyridine rings is 1. The Morgan fingerprint density at radius 3 is 2.95 bits per heavy atom. The van der Waals surface area contributed by atoms with Crippen molar-refractivity contribution >= 4 is 5.82 Å². The molecule has 1 unspecified atom stereocenters. The number of aryl methyl sites for hydroxylation is 1. The van der Waals surface area contributed by atoms with Gasteiger partial charge in [-0.1, -0.05) is 6.92 Å². The van der Waals surface area contributed by atoms with Crippen LogP contribution in [-0.2, 0) is 17.7 Å². The van der Waals surface area contributed by atoms with Crippen molar-refractivity contribution in [1.82, 2.24) is 10.3 Å². The minimum Gasteiger partial charge on any atom is -0.377 e. The Balaban J connectivity index is 2.15. The highest BCUT2D eigenvalue weighted by molar-refractivity contribution is 5.43. The smallest absolute Gasteiger partial charge is 0.129 e. The quantitative estimate of drug-likeness (QED) is 0.866. The van der Waals surface area contributed by atoms with Gasteiger partial charge in [-0.2, -0.15) is 0 Å². The van der Waals surface area contributed by atoms with Crippen LogP contribution in [0.4, 0.5) is 5.82 Å². The second-order valence-electron chi connectivity index (χ2n) is 5.37. The molecular formula is C16H27N3O. The summed E-state index contributed by atoms with van der Waals surface area (Å²) >= 11 is 0. The second-order valence-corrected chi connectivity index (χ2v) is 5.37. The van der Waals surface area contributed by atoms with Gasteiger partial charge >= 0.3 is 0 Å². The molecule has 20 heavy (non-hydrogen) atoms. The Morgan fingerprint density at radius 1 is 1.40 bits per heavy atom. The van der Waals surface area contributed by atoms with E-state index in [0.29, 0.717) is 6.10 Å². The van der Waals surface area contributed by atoms with E-state index in [-0.39, 0.29) is 0 Å². The number of rotatable bonds is 6. The van der Waals surface area contributed by atoms with Gasteiger partial charge in [0.1, 0.15) is 5.82 Å². The van der Waals surface area contributed by atoms with Crippen LogP contribution in [0.2, 0.25) is 0 Å². The lowest BCUT2D eigenvalue weighted by Crippen LogP contribution is -2.40. The average Bonchev–Trinajstić information content (AvgIpc) is 2.48. The maximum absolute atomic E-state index is 5.79. The molecule has 0 aromatic carbocycles. The van der Waals surface area contributed by atoms with Crippen LogP contribution in [0, 0.1) is 0 Å². The summed E-state index contributed by atoms with van der Waals surface area (Å²) in [6.45, 7) is 7.97. The molecule has 1 atom stereocenters. The predicted molar refractivity (Wildman–Crippen MR) is 83.2 cm³/mol.